The zero-order chi connectivity index (χ0) is 19.2. The quantitative estimate of drug-likeness (QED) is 0.788. The fourth-order valence-corrected chi connectivity index (χ4v) is 4.90. The molecule has 27 heavy (non-hydrogen) atoms. The second kappa shape index (κ2) is 6.55. The van der Waals surface area contributed by atoms with E-state index in [0.717, 1.165) is 22.3 Å². The van der Waals surface area contributed by atoms with Crippen molar-refractivity contribution < 1.29 is 17.9 Å². The van der Waals surface area contributed by atoms with Gasteiger partial charge in [0.25, 0.3) is 0 Å². The second-order valence-electron chi connectivity index (χ2n) is 6.90. The van der Waals surface area contributed by atoms with E-state index in [2.05, 4.69) is 13.2 Å². The summed E-state index contributed by atoms with van der Waals surface area (Å²) >= 11 is 0. The molecule has 0 bridgehead atoms. The van der Waals surface area contributed by atoms with Crippen molar-refractivity contribution in [1.82, 2.24) is 4.31 Å². The Bertz CT molecular complexity index is 1020. The highest BCUT2D eigenvalue weighted by atomic mass is 32.2. The van der Waals surface area contributed by atoms with Crippen molar-refractivity contribution >= 4 is 10.0 Å². The van der Waals surface area contributed by atoms with Crippen LogP contribution < -0.4 is 9.47 Å². The van der Waals surface area contributed by atoms with Crippen molar-refractivity contribution in [2.45, 2.75) is 30.8 Å². The summed E-state index contributed by atoms with van der Waals surface area (Å²) in [5, 5.41) is 0. The Balaban J connectivity index is 1.70. The monoisotopic (exact) mass is 383 g/mol. The lowest BCUT2D eigenvalue weighted by Crippen LogP contribution is -2.45. The van der Waals surface area contributed by atoms with E-state index in [9.17, 15) is 8.42 Å². The molecule has 0 saturated heterocycles. The molecule has 1 atom stereocenters. The molecule has 1 aliphatic heterocycles. The third-order valence-corrected chi connectivity index (χ3v) is 6.92. The maximum Gasteiger partial charge on any atom is 0.243 e. The molecule has 0 amide bonds. The van der Waals surface area contributed by atoms with Crippen LogP contribution in [0, 0.1) is 6.92 Å². The van der Waals surface area contributed by atoms with Crippen molar-refractivity contribution in [2.24, 2.45) is 0 Å². The molecule has 1 fully saturated rings. The molecule has 2 aliphatic rings. The van der Waals surface area contributed by atoms with Gasteiger partial charge in [0, 0.05) is 6.54 Å². The van der Waals surface area contributed by atoms with Crippen LogP contribution in [-0.4, -0.2) is 25.6 Å². The Morgan fingerprint density at radius 2 is 1.78 bits per heavy atom. The molecule has 0 aromatic heterocycles. The van der Waals surface area contributed by atoms with Gasteiger partial charge in [-0.1, -0.05) is 36.9 Å². The summed E-state index contributed by atoms with van der Waals surface area (Å²) in [6.45, 7) is 10.3. The lowest BCUT2D eigenvalue weighted by molar-refractivity contribution is 0.174. The summed E-state index contributed by atoms with van der Waals surface area (Å²) < 4.78 is 39.0. The van der Waals surface area contributed by atoms with Crippen LogP contribution in [0.15, 0.2) is 71.7 Å². The Kier molecular flexibility index (Phi) is 4.32. The molecule has 0 N–H and O–H groups in total. The second-order valence-corrected chi connectivity index (χ2v) is 8.79. The molecule has 140 valence electrons. The van der Waals surface area contributed by atoms with Crippen molar-refractivity contribution in [1.29, 1.82) is 0 Å². The van der Waals surface area contributed by atoms with Crippen molar-refractivity contribution in [3.63, 3.8) is 0 Å². The number of hydrogen-bond acceptors (Lipinski definition) is 4. The maximum atomic E-state index is 13.4. The first kappa shape index (κ1) is 17.8. The predicted octanol–water partition coefficient (Wildman–Crippen LogP) is 3.80. The molecule has 2 aromatic rings. The molecule has 1 saturated carbocycles. The number of sulfonamides is 1. The van der Waals surface area contributed by atoms with Crippen molar-refractivity contribution in [2.75, 3.05) is 6.79 Å². The molecule has 5 nitrogen and oxygen atoms in total. The third-order valence-electron chi connectivity index (χ3n) is 5.05. The third kappa shape index (κ3) is 3.15. The van der Waals surface area contributed by atoms with Gasteiger partial charge in [0.1, 0.15) is 0 Å². The highest BCUT2D eigenvalue weighted by Gasteiger charge is 2.39. The first-order chi connectivity index (χ1) is 12.9. The fourth-order valence-electron chi connectivity index (χ4n) is 3.30. The molecule has 0 unspecified atom stereocenters. The van der Waals surface area contributed by atoms with Gasteiger partial charge >= 0.3 is 0 Å². The Hall–Kier alpha value is -2.57. The van der Waals surface area contributed by atoms with Gasteiger partial charge in [-0.15, -0.1) is 0 Å². The molecule has 6 heteroatoms. The highest BCUT2D eigenvalue weighted by Crippen LogP contribution is 2.39. The summed E-state index contributed by atoms with van der Waals surface area (Å²) in [4.78, 5) is 0.277. The summed E-state index contributed by atoms with van der Waals surface area (Å²) in [7, 11) is -3.69. The molecule has 1 aliphatic carbocycles. The van der Waals surface area contributed by atoms with Gasteiger partial charge in [-0.3, -0.25) is 0 Å². The Morgan fingerprint density at radius 1 is 1.07 bits per heavy atom. The molecule has 1 heterocycles. The minimum Gasteiger partial charge on any atom is -0.454 e. The number of fused-ring (bicyclic) bond motifs is 1. The normalized spacial score (nSPS) is 18.7. The summed E-state index contributed by atoms with van der Waals surface area (Å²) in [5.41, 5.74) is 3.51. The van der Waals surface area contributed by atoms with Crippen LogP contribution in [0.4, 0.5) is 0 Å². The van der Waals surface area contributed by atoms with E-state index in [1.54, 1.807) is 24.3 Å². The van der Waals surface area contributed by atoms with E-state index in [0.29, 0.717) is 17.9 Å². The first-order valence-corrected chi connectivity index (χ1v) is 10.1. The van der Waals surface area contributed by atoms with Crippen LogP contribution >= 0.6 is 0 Å². The topological polar surface area (TPSA) is 55.8 Å². The number of benzene rings is 2. The van der Waals surface area contributed by atoms with Crippen LogP contribution in [0.2, 0.25) is 0 Å². The number of aryl methyl sites for hydroxylation is 1. The van der Waals surface area contributed by atoms with Gasteiger partial charge < -0.3 is 9.47 Å². The van der Waals surface area contributed by atoms with Gasteiger partial charge in [-0.2, -0.15) is 4.31 Å². The zero-order valence-electron chi connectivity index (χ0n) is 15.1. The summed E-state index contributed by atoms with van der Waals surface area (Å²) in [6, 6.07) is 12.1. The molecule has 0 radical (unpaired) electrons. The maximum absolute atomic E-state index is 13.4. The number of nitrogens with zero attached hydrogens (tertiary/aromatic N) is 1. The minimum atomic E-state index is -3.69. The zero-order valence-corrected chi connectivity index (χ0v) is 16.0. The Labute approximate surface area is 159 Å². The smallest absolute Gasteiger partial charge is 0.243 e. The first-order valence-electron chi connectivity index (χ1n) is 8.70. The minimum absolute atomic E-state index is 0.184. The molecule has 2 aromatic carbocycles. The van der Waals surface area contributed by atoms with Gasteiger partial charge in [-0.05, 0) is 54.3 Å². The lowest BCUT2D eigenvalue weighted by atomic mass is 9.82. The average Bonchev–Trinajstić information content (AvgIpc) is 3.12. The van der Waals surface area contributed by atoms with Crippen LogP contribution in [0.3, 0.4) is 0 Å². The Morgan fingerprint density at radius 3 is 2.44 bits per heavy atom. The predicted molar refractivity (Wildman–Crippen MR) is 103 cm³/mol. The van der Waals surface area contributed by atoms with Gasteiger partial charge in [0.05, 0.1) is 10.9 Å². The van der Waals surface area contributed by atoms with Gasteiger partial charge in [-0.25, -0.2) is 8.42 Å². The van der Waals surface area contributed by atoms with E-state index in [4.69, 9.17) is 9.47 Å². The van der Waals surface area contributed by atoms with Gasteiger partial charge in [0.2, 0.25) is 16.8 Å². The van der Waals surface area contributed by atoms with Crippen molar-refractivity contribution in [3.8, 4) is 11.5 Å². The largest absolute Gasteiger partial charge is 0.454 e. The standard InChI is InChI=1S/C21H21NO4S/c1-14-4-7-18(8-5-14)27(23,24)22(19-10-15(2)16(19)3)12-17-6-9-20-21(11-17)26-13-25-20/h4-9,11,19H,2-3,10,12-13H2,1H3/t19-/m1/s1. The van der Waals surface area contributed by atoms with E-state index in [-0.39, 0.29) is 24.3 Å². The van der Waals surface area contributed by atoms with Crippen LogP contribution in [-0.2, 0) is 16.6 Å². The van der Waals surface area contributed by atoms with Crippen LogP contribution in [0.5, 0.6) is 11.5 Å². The highest BCUT2D eigenvalue weighted by molar-refractivity contribution is 7.89. The molecular weight excluding hydrogens is 362 g/mol. The molecule has 4 rings (SSSR count). The molecular formula is C21H21NO4S. The number of rotatable bonds is 5. The lowest BCUT2D eigenvalue weighted by Gasteiger charge is -2.40. The van der Waals surface area contributed by atoms with Crippen LogP contribution in [0.1, 0.15) is 17.5 Å². The fraction of sp³-hybridized carbons (Fsp3) is 0.238. The van der Waals surface area contributed by atoms with E-state index < -0.39 is 10.0 Å². The van der Waals surface area contributed by atoms with Gasteiger partial charge in [0.15, 0.2) is 11.5 Å². The molecule has 0 spiro atoms. The average molecular weight is 383 g/mol. The van der Waals surface area contributed by atoms with E-state index in [1.165, 1.54) is 4.31 Å². The van der Waals surface area contributed by atoms with E-state index >= 15 is 0 Å². The van der Waals surface area contributed by atoms with Crippen molar-refractivity contribution in [3.05, 3.63) is 77.9 Å². The number of hydrogen-bond donors (Lipinski definition) is 0. The summed E-state index contributed by atoms with van der Waals surface area (Å²) in [5.74, 6) is 1.31. The number of ether oxygens (including phenoxy) is 2. The SMILES string of the molecule is C=C1C[C@@H](N(Cc2ccc3c(c2)OCO3)S(=O)(=O)c2ccc(C)cc2)C1=C. The van der Waals surface area contributed by atoms with E-state index in [1.807, 2.05) is 25.1 Å². The van der Waals surface area contributed by atoms with Crippen LogP contribution in [0.25, 0.3) is 0 Å². The summed E-state index contributed by atoms with van der Waals surface area (Å²) in [6.07, 6.45) is 0.592.